The van der Waals surface area contributed by atoms with Gasteiger partial charge in [0.15, 0.2) is 11.5 Å². The van der Waals surface area contributed by atoms with E-state index in [0.29, 0.717) is 55.7 Å². The van der Waals surface area contributed by atoms with Crippen molar-refractivity contribution in [3.8, 4) is 5.75 Å². The number of anilines is 1. The van der Waals surface area contributed by atoms with Crippen LogP contribution in [0.15, 0.2) is 52.9 Å². The highest BCUT2D eigenvalue weighted by atomic mass is 16.5. The van der Waals surface area contributed by atoms with E-state index in [-0.39, 0.29) is 23.4 Å². The average molecular weight is 478 g/mol. The summed E-state index contributed by atoms with van der Waals surface area (Å²) in [7, 11) is 1.63. The molecule has 4 rings (SSSR count). The zero-order valence-electron chi connectivity index (χ0n) is 20.4. The SMILES string of the molecule is COc1ccc(CCC(=O)N2CCN(C(C)C(=O)Nc3c(C(C)=O)oc4ccccc34)CC2)cc1. The van der Waals surface area contributed by atoms with Crippen LogP contribution in [0.25, 0.3) is 11.0 Å². The van der Waals surface area contributed by atoms with Gasteiger partial charge in [0.2, 0.25) is 11.8 Å². The molecule has 0 spiro atoms. The topological polar surface area (TPSA) is 92.1 Å². The summed E-state index contributed by atoms with van der Waals surface area (Å²) in [4.78, 5) is 41.7. The van der Waals surface area contributed by atoms with Crippen LogP contribution in [0.3, 0.4) is 0 Å². The quantitative estimate of drug-likeness (QED) is 0.497. The summed E-state index contributed by atoms with van der Waals surface area (Å²) in [6.45, 7) is 5.62. The summed E-state index contributed by atoms with van der Waals surface area (Å²) < 4.78 is 10.8. The predicted molar refractivity (Wildman–Crippen MR) is 134 cm³/mol. The van der Waals surface area contributed by atoms with Gasteiger partial charge in [0.25, 0.3) is 0 Å². The lowest BCUT2D eigenvalue weighted by Crippen LogP contribution is -2.54. The summed E-state index contributed by atoms with van der Waals surface area (Å²) in [6, 6.07) is 14.6. The van der Waals surface area contributed by atoms with Crippen LogP contribution in [-0.2, 0) is 16.0 Å². The Balaban J connectivity index is 1.31. The Labute approximate surface area is 204 Å². The zero-order chi connectivity index (χ0) is 24.9. The van der Waals surface area contributed by atoms with Crippen LogP contribution in [0, 0.1) is 0 Å². The lowest BCUT2D eigenvalue weighted by molar-refractivity contribution is -0.133. The van der Waals surface area contributed by atoms with E-state index in [0.717, 1.165) is 11.3 Å². The third-order valence-corrected chi connectivity index (χ3v) is 6.54. The standard InChI is InChI=1S/C27H31N3O5/c1-18(27(33)28-25-22-6-4-5-7-23(22)35-26(25)19(2)31)29-14-16-30(17-15-29)24(32)13-10-20-8-11-21(34-3)12-9-20/h4-9,11-12,18H,10,13-17H2,1-3H3,(H,28,33). The molecule has 1 atom stereocenters. The van der Waals surface area contributed by atoms with Gasteiger partial charge in [-0.2, -0.15) is 0 Å². The van der Waals surface area contributed by atoms with Gasteiger partial charge in [0, 0.05) is 44.9 Å². The van der Waals surface area contributed by atoms with Gasteiger partial charge in [-0.15, -0.1) is 0 Å². The Hall–Kier alpha value is -3.65. The molecule has 35 heavy (non-hydrogen) atoms. The van der Waals surface area contributed by atoms with E-state index < -0.39 is 6.04 Å². The second kappa shape index (κ2) is 10.7. The first-order chi connectivity index (χ1) is 16.9. The van der Waals surface area contributed by atoms with E-state index in [2.05, 4.69) is 10.2 Å². The van der Waals surface area contributed by atoms with Crippen LogP contribution >= 0.6 is 0 Å². The van der Waals surface area contributed by atoms with Crippen LogP contribution in [0.2, 0.25) is 0 Å². The number of Topliss-reactive ketones (excluding diaryl/α,β-unsaturated/α-hetero) is 1. The van der Waals surface area contributed by atoms with Gasteiger partial charge < -0.3 is 19.4 Å². The maximum Gasteiger partial charge on any atom is 0.241 e. The number of piperazine rings is 1. The number of para-hydroxylation sites is 1. The highest BCUT2D eigenvalue weighted by Crippen LogP contribution is 2.31. The Morgan fingerprint density at radius 2 is 1.71 bits per heavy atom. The molecule has 0 radical (unpaired) electrons. The molecule has 0 aliphatic carbocycles. The van der Waals surface area contributed by atoms with Crippen molar-refractivity contribution in [3.63, 3.8) is 0 Å². The average Bonchev–Trinajstić information content (AvgIpc) is 3.26. The molecule has 0 bridgehead atoms. The van der Waals surface area contributed by atoms with E-state index in [1.807, 2.05) is 54.3 Å². The van der Waals surface area contributed by atoms with Gasteiger partial charge in [-0.3, -0.25) is 19.3 Å². The maximum absolute atomic E-state index is 13.1. The third-order valence-electron chi connectivity index (χ3n) is 6.54. The molecule has 1 fully saturated rings. The number of ether oxygens (including phenoxy) is 1. The van der Waals surface area contributed by atoms with Crippen molar-refractivity contribution in [2.75, 3.05) is 38.6 Å². The molecule has 8 nitrogen and oxygen atoms in total. The van der Waals surface area contributed by atoms with Crippen LogP contribution in [0.5, 0.6) is 5.75 Å². The number of methoxy groups -OCH3 is 1. The molecule has 3 aromatic rings. The summed E-state index contributed by atoms with van der Waals surface area (Å²) >= 11 is 0. The molecular weight excluding hydrogens is 446 g/mol. The van der Waals surface area contributed by atoms with Crippen molar-refractivity contribution < 1.29 is 23.5 Å². The number of nitrogens with zero attached hydrogens (tertiary/aromatic N) is 2. The molecule has 1 saturated heterocycles. The maximum atomic E-state index is 13.1. The van der Waals surface area contributed by atoms with Crippen molar-refractivity contribution in [3.05, 3.63) is 59.9 Å². The molecule has 2 aromatic carbocycles. The molecule has 8 heteroatoms. The van der Waals surface area contributed by atoms with E-state index >= 15 is 0 Å². The fourth-order valence-corrected chi connectivity index (χ4v) is 4.37. The number of amides is 2. The number of furan rings is 1. The number of carbonyl (C=O) groups excluding carboxylic acids is 3. The fraction of sp³-hybridized carbons (Fsp3) is 0.370. The fourth-order valence-electron chi connectivity index (χ4n) is 4.37. The largest absolute Gasteiger partial charge is 0.497 e. The molecule has 1 aliphatic heterocycles. The van der Waals surface area contributed by atoms with Crippen LogP contribution in [-0.4, -0.2) is 66.7 Å². The smallest absolute Gasteiger partial charge is 0.241 e. The number of rotatable bonds is 8. The highest BCUT2D eigenvalue weighted by molar-refractivity contribution is 6.11. The Kier molecular flexibility index (Phi) is 7.51. The van der Waals surface area contributed by atoms with Gasteiger partial charge in [-0.05, 0) is 43.2 Å². The summed E-state index contributed by atoms with van der Waals surface area (Å²) in [6.07, 6.45) is 1.13. The van der Waals surface area contributed by atoms with Crippen molar-refractivity contribution in [2.24, 2.45) is 0 Å². The first-order valence-corrected chi connectivity index (χ1v) is 11.9. The molecule has 184 valence electrons. The second-order valence-electron chi connectivity index (χ2n) is 8.79. The lowest BCUT2D eigenvalue weighted by atomic mass is 10.1. The minimum Gasteiger partial charge on any atom is -0.497 e. The van der Waals surface area contributed by atoms with Gasteiger partial charge in [0.1, 0.15) is 11.3 Å². The van der Waals surface area contributed by atoms with Gasteiger partial charge in [-0.1, -0.05) is 24.3 Å². The minimum absolute atomic E-state index is 0.119. The van der Waals surface area contributed by atoms with Crippen molar-refractivity contribution in [1.82, 2.24) is 9.80 Å². The molecular formula is C27H31N3O5. The number of carbonyl (C=O) groups is 3. The number of fused-ring (bicyclic) bond motifs is 1. The van der Waals surface area contributed by atoms with E-state index in [1.54, 1.807) is 13.2 Å². The highest BCUT2D eigenvalue weighted by Gasteiger charge is 2.29. The van der Waals surface area contributed by atoms with Crippen LogP contribution < -0.4 is 10.1 Å². The van der Waals surface area contributed by atoms with E-state index in [9.17, 15) is 14.4 Å². The Morgan fingerprint density at radius 3 is 2.37 bits per heavy atom. The molecule has 1 unspecified atom stereocenters. The Morgan fingerprint density at radius 1 is 1.03 bits per heavy atom. The normalized spacial score (nSPS) is 15.1. The summed E-state index contributed by atoms with van der Waals surface area (Å²) in [5.41, 5.74) is 2.07. The second-order valence-corrected chi connectivity index (χ2v) is 8.79. The molecule has 0 saturated carbocycles. The monoisotopic (exact) mass is 477 g/mol. The van der Waals surface area contributed by atoms with Crippen molar-refractivity contribution in [2.45, 2.75) is 32.7 Å². The first-order valence-electron chi connectivity index (χ1n) is 11.9. The predicted octanol–water partition coefficient (Wildman–Crippen LogP) is 3.75. The van der Waals surface area contributed by atoms with Gasteiger partial charge in [0.05, 0.1) is 18.8 Å². The lowest BCUT2D eigenvalue weighted by Gasteiger charge is -2.37. The number of hydrogen-bond acceptors (Lipinski definition) is 6. The molecule has 1 aliphatic rings. The summed E-state index contributed by atoms with van der Waals surface area (Å²) in [5.74, 6) is 0.615. The number of hydrogen-bond donors (Lipinski definition) is 1. The Bertz CT molecular complexity index is 1210. The number of aryl methyl sites for hydroxylation is 1. The van der Waals surface area contributed by atoms with E-state index in [4.69, 9.17) is 9.15 Å². The van der Waals surface area contributed by atoms with Crippen molar-refractivity contribution >= 4 is 34.3 Å². The third kappa shape index (κ3) is 5.54. The minimum atomic E-state index is -0.417. The molecule has 2 heterocycles. The number of ketones is 1. The number of nitrogens with one attached hydrogen (secondary N) is 1. The zero-order valence-corrected chi connectivity index (χ0v) is 20.4. The van der Waals surface area contributed by atoms with E-state index in [1.165, 1.54) is 6.92 Å². The molecule has 1 N–H and O–H groups in total. The van der Waals surface area contributed by atoms with Crippen LogP contribution in [0.4, 0.5) is 5.69 Å². The van der Waals surface area contributed by atoms with Crippen molar-refractivity contribution in [1.29, 1.82) is 0 Å². The molecule has 2 amide bonds. The van der Waals surface area contributed by atoms with Crippen LogP contribution in [0.1, 0.15) is 36.4 Å². The summed E-state index contributed by atoms with van der Waals surface area (Å²) in [5, 5.41) is 3.61. The van der Waals surface area contributed by atoms with Gasteiger partial charge >= 0.3 is 0 Å². The van der Waals surface area contributed by atoms with Gasteiger partial charge in [-0.25, -0.2) is 0 Å². The first kappa shape index (κ1) is 24.5. The number of benzene rings is 2. The molecule has 1 aromatic heterocycles.